The molecule has 0 aliphatic carbocycles. The number of anilines is 1. The number of hydrogen-bond donors (Lipinski definition) is 2. The van der Waals surface area contributed by atoms with Gasteiger partial charge in [-0.15, -0.1) is 0 Å². The molecule has 0 aromatic carbocycles. The Balaban J connectivity index is 1.66. The van der Waals surface area contributed by atoms with Crippen LogP contribution in [0.1, 0.15) is 20.8 Å². The van der Waals surface area contributed by atoms with Gasteiger partial charge >= 0.3 is 0 Å². The largest absolute Gasteiger partial charge is 0.352 e. The van der Waals surface area contributed by atoms with E-state index in [4.69, 9.17) is 0 Å². The number of rotatable bonds is 2. The average Bonchev–Trinajstić information content (AvgIpc) is 2.79. The van der Waals surface area contributed by atoms with E-state index in [9.17, 15) is 4.79 Å². The zero-order chi connectivity index (χ0) is 14.3. The van der Waals surface area contributed by atoms with Crippen LogP contribution in [0.2, 0.25) is 0 Å². The van der Waals surface area contributed by atoms with Crippen LogP contribution in [0.4, 0.5) is 5.82 Å². The molecule has 20 heavy (non-hydrogen) atoms. The average molecular weight is 273 g/mol. The molecule has 2 N–H and O–H groups in total. The van der Waals surface area contributed by atoms with Crippen molar-refractivity contribution in [2.24, 2.45) is 5.41 Å². The first-order valence-electron chi connectivity index (χ1n) is 6.79. The molecule has 3 heterocycles. The summed E-state index contributed by atoms with van der Waals surface area (Å²) < 4.78 is 0. The second-order valence-electron chi connectivity index (χ2n) is 6.26. The number of hydrogen-bond acceptors (Lipinski definition) is 4. The molecular formula is C14H19N5O. The molecule has 0 bridgehead atoms. The van der Waals surface area contributed by atoms with Crippen molar-refractivity contribution < 1.29 is 4.79 Å². The van der Waals surface area contributed by atoms with Gasteiger partial charge in [0.05, 0.1) is 11.4 Å². The number of aromatic amines is 1. The Bertz CT molecular complexity index is 636. The van der Waals surface area contributed by atoms with Gasteiger partial charge in [-0.25, -0.2) is 9.97 Å². The monoisotopic (exact) mass is 273 g/mol. The number of nitrogens with zero attached hydrogens (tertiary/aromatic N) is 3. The van der Waals surface area contributed by atoms with Crippen LogP contribution >= 0.6 is 0 Å². The van der Waals surface area contributed by atoms with Crippen molar-refractivity contribution in [1.82, 2.24) is 20.3 Å². The molecule has 0 atom stereocenters. The van der Waals surface area contributed by atoms with Crippen LogP contribution in [0.3, 0.4) is 0 Å². The lowest BCUT2D eigenvalue weighted by atomic mass is 9.94. The maximum atomic E-state index is 11.9. The molecular weight excluding hydrogens is 254 g/mol. The van der Waals surface area contributed by atoms with E-state index >= 15 is 0 Å². The van der Waals surface area contributed by atoms with Gasteiger partial charge in [-0.2, -0.15) is 0 Å². The number of carbonyl (C=O) groups is 1. The molecule has 6 heteroatoms. The number of aromatic nitrogens is 3. The Morgan fingerprint density at radius 2 is 2.15 bits per heavy atom. The summed E-state index contributed by atoms with van der Waals surface area (Å²) in [6.07, 6.45) is 3.43. The van der Waals surface area contributed by atoms with Gasteiger partial charge in [0.1, 0.15) is 17.8 Å². The lowest BCUT2D eigenvalue weighted by Gasteiger charge is -2.41. The Labute approximate surface area is 117 Å². The van der Waals surface area contributed by atoms with Gasteiger partial charge in [0.2, 0.25) is 5.91 Å². The van der Waals surface area contributed by atoms with Crippen LogP contribution < -0.4 is 10.2 Å². The fourth-order valence-corrected chi connectivity index (χ4v) is 2.26. The van der Waals surface area contributed by atoms with Gasteiger partial charge in [-0.1, -0.05) is 20.8 Å². The molecule has 106 valence electrons. The SMILES string of the molecule is CC(C)(C)C(=O)NC1CN(c2ncnc3[nH]ccc23)C1. The molecule has 0 radical (unpaired) electrons. The number of nitrogens with one attached hydrogen (secondary N) is 2. The summed E-state index contributed by atoms with van der Waals surface area (Å²) in [5.74, 6) is 1.02. The second kappa shape index (κ2) is 4.47. The quantitative estimate of drug-likeness (QED) is 0.865. The smallest absolute Gasteiger partial charge is 0.225 e. The third-order valence-electron chi connectivity index (χ3n) is 3.53. The second-order valence-corrected chi connectivity index (χ2v) is 6.26. The van der Waals surface area contributed by atoms with E-state index in [1.807, 2.05) is 33.0 Å². The van der Waals surface area contributed by atoms with E-state index in [1.165, 1.54) is 0 Å². The standard InChI is InChI=1S/C14H19N5O/c1-14(2,3)13(20)18-9-6-19(7-9)12-10-4-5-15-11(10)16-8-17-12/h4-5,8-9H,6-7H2,1-3H3,(H,18,20)(H,15,16,17). The third-order valence-corrected chi connectivity index (χ3v) is 3.53. The lowest BCUT2D eigenvalue weighted by molar-refractivity contribution is -0.129. The summed E-state index contributed by atoms with van der Waals surface area (Å²) in [4.78, 5) is 25.7. The van der Waals surface area contributed by atoms with Gasteiger partial charge < -0.3 is 15.2 Å². The van der Waals surface area contributed by atoms with Gasteiger partial charge in [-0.05, 0) is 6.07 Å². The van der Waals surface area contributed by atoms with Crippen molar-refractivity contribution >= 4 is 22.8 Å². The molecule has 2 aromatic rings. The summed E-state index contributed by atoms with van der Waals surface area (Å²) in [6.45, 7) is 7.35. The van der Waals surface area contributed by atoms with Crippen molar-refractivity contribution in [2.45, 2.75) is 26.8 Å². The molecule has 6 nitrogen and oxygen atoms in total. The van der Waals surface area contributed by atoms with Crippen molar-refractivity contribution in [2.75, 3.05) is 18.0 Å². The van der Waals surface area contributed by atoms with Crippen LogP contribution in [0, 0.1) is 5.41 Å². The van der Waals surface area contributed by atoms with Crippen molar-refractivity contribution in [1.29, 1.82) is 0 Å². The Hall–Kier alpha value is -2.11. The van der Waals surface area contributed by atoms with Crippen LogP contribution in [0.5, 0.6) is 0 Å². The zero-order valence-corrected chi connectivity index (χ0v) is 12.0. The van der Waals surface area contributed by atoms with E-state index in [0.29, 0.717) is 0 Å². The number of amides is 1. The molecule has 0 unspecified atom stereocenters. The summed E-state index contributed by atoms with van der Waals surface area (Å²) >= 11 is 0. The minimum atomic E-state index is -0.344. The first-order valence-corrected chi connectivity index (χ1v) is 6.79. The first kappa shape index (κ1) is 12.9. The minimum Gasteiger partial charge on any atom is -0.352 e. The Kier molecular flexibility index (Phi) is 2.88. The number of H-pyrrole nitrogens is 1. The van der Waals surface area contributed by atoms with Crippen molar-refractivity contribution in [3.05, 3.63) is 18.6 Å². The topological polar surface area (TPSA) is 73.9 Å². The Morgan fingerprint density at radius 1 is 1.40 bits per heavy atom. The van der Waals surface area contributed by atoms with Gasteiger partial charge in [-0.3, -0.25) is 4.79 Å². The van der Waals surface area contributed by atoms with Crippen molar-refractivity contribution in [3.63, 3.8) is 0 Å². The highest BCUT2D eigenvalue weighted by Crippen LogP contribution is 2.26. The summed E-state index contributed by atoms with van der Waals surface area (Å²) in [7, 11) is 0. The zero-order valence-electron chi connectivity index (χ0n) is 12.0. The highest BCUT2D eigenvalue weighted by atomic mass is 16.2. The Morgan fingerprint density at radius 3 is 2.85 bits per heavy atom. The van der Waals surface area contributed by atoms with E-state index in [1.54, 1.807) is 6.33 Å². The fraction of sp³-hybridized carbons (Fsp3) is 0.500. The van der Waals surface area contributed by atoms with Gasteiger partial charge in [0, 0.05) is 24.7 Å². The predicted molar refractivity (Wildman–Crippen MR) is 77.5 cm³/mol. The van der Waals surface area contributed by atoms with Gasteiger partial charge in [0.15, 0.2) is 0 Å². The number of carbonyl (C=O) groups excluding carboxylic acids is 1. The van der Waals surface area contributed by atoms with E-state index in [2.05, 4.69) is 25.2 Å². The molecule has 1 aliphatic rings. The maximum absolute atomic E-state index is 11.9. The van der Waals surface area contributed by atoms with Gasteiger partial charge in [0.25, 0.3) is 0 Å². The molecule has 2 aromatic heterocycles. The normalized spacial score (nSPS) is 16.2. The van der Waals surface area contributed by atoms with Crippen LogP contribution in [-0.2, 0) is 4.79 Å². The number of fused-ring (bicyclic) bond motifs is 1. The fourth-order valence-electron chi connectivity index (χ4n) is 2.26. The molecule has 1 aliphatic heterocycles. The lowest BCUT2D eigenvalue weighted by Crippen LogP contribution is -2.61. The highest BCUT2D eigenvalue weighted by molar-refractivity contribution is 5.88. The van der Waals surface area contributed by atoms with Crippen LogP contribution in [-0.4, -0.2) is 40.0 Å². The maximum Gasteiger partial charge on any atom is 0.225 e. The minimum absolute atomic E-state index is 0.0941. The molecule has 1 saturated heterocycles. The third kappa shape index (κ3) is 2.21. The molecule has 3 rings (SSSR count). The first-order chi connectivity index (χ1) is 9.45. The van der Waals surface area contributed by atoms with E-state index in [0.717, 1.165) is 29.9 Å². The summed E-state index contributed by atoms with van der Waals surface area (Å²) in [5, 5.41) is 4.09. The van der Waals surface area contributed by atoms with Crippen molar-refractivity contribution in [3.8, 4) is 0 Å². The van der Waals surface area contributed by atoms with Crippen LogP contribution in [0.25, 0.3) is 11.0 Å². The molecule has 1 amide bonds. The molecule has 1 fully saturated rings. The van der Waals surface area contributed by atoms with Crippen LogP contribution in [0.15, 0.2) is 18.6 Å². The molecule has 0 saturated carbocycles. The van der Waals surface area contributed by atoms with E-state index < -0.39 is 0 Å². The summed E-state index contributed by atoms with van der Waals surface area (Å²) in [5.41, 5.74) is 0.501. The highest BCUT2D eigenvalue weighted by Gasteiger charge is 2.32. The molecule has 0 spiro atoms. The summed E-state index contributed by atoms with van der Waals surface area (Å²) in [6, 6.07) is 2.18. The predicted octanol–water partition coefficient (Wildman–Crippen LogP) is 1.31. The van der Waals surface area contributed by atoms with E-state index in [-0.39, 0.29) is 17.4 Å².